The quantitative estimate of drug-likeness (QED) is 0.424. The van der Waals surface area contributed by atoms with Gasteiger partial charge in [0.1, 0.15) is 6.07 Å². The average Bonchev–Trinajstić information content (AvgIpc) is 3.15. The average molecular weight is 425 g/mol. The summed E-state index contributed by atoms with van der Waals surface area (Å²) in [5.41, 5.74) is 4.16. The lowest BCUT2D eigenvalue weighted by molar-refractivity contribution is 0.0699. The number of nitrogens with one attached hydrogen (secondary N) is 1. The predicted octanol–water partition coefficient (Wildman–Crippen LogP) is 5.07. The highest BCUT2D eigenvalue weighted by Crippen LogP contribution is 2.35. The van der Waals surface area contributed by atoms with E-state index in [-0.39, 0.29) is 17.7 Å². The first-order valence-electron chi connectivity index (χ1n) is 10.8. The van der Waals surface area contributed by atoms with Gasteiger partial charge in [0.25, 0.3) is 0 Å². The molecule has 3 N–H and O–H groups in total. The molecule has 1 fully saturated rings. The SMILES string of the molecule is N#Cc1ccc(-n2c3ccccc3c3c(C(=O)O)cccc32)cc1NC1CCC(O)CC1. The molecule has 3 aromatic carbocycles. The standard InChI is InChI=1S/C26H23N3O3/c27-15-16-8-11-18(14-22(16)28-17-9-12-19(30)13-10-17)29-23-6-2-1-4-20(23)25-21(26(31)32)5-3-7-24(25)29/h1-8,11,14,17,19,28,30H,9-10,12-13H2,(H,31,32). The number of hydrogen-bond acceptors (Lipinski definition) is 4. The van der Waals surface area contributed by atoms with E-state index in [2.05, 4.69) is 11.4 Å². The van der Waals surface area contributed by atoms with Crippen molar-refractivity contribution in [3.05, 3.63) is 71.8 Å². The van der Waals surface area contributed by atoms with E-state index in [1.807, 2.05) is 47.0 Å². The maximum Gasteiger partial charge on any atom is 0.336 e. The molecule has 6 nitrogen and oxygen atoms in total. The Hall–Kier alpha value is -3.82. The van der Waals surface area contributed by atoms with Gasteiger partial charge in [-0.2, -0.15) is 5.26 Å². The number of carboxylic acids is 1. The first-order chi connectivity index (χ1) is 15.6. The minimum atomic E-state index is -0.958. The van der Waals surface area contributed by atoms with Crippen molar-refractivity contribution < 1.29 is 15.0 Å². The van der Waals surface area contributed by atoms with E-state index in [1.54, 1.807) is 18.2 Å². The van der Waals surface area contributed by atoms with Crippen LogP contribution in [0.2, 0.25) is 0 Å². The minimum Gasteiger partial charge on any atom is -0.478 e. The number of hydrogen-bond donors (Lipinski definition) is 3. The lowest BCUT2D eigenvalue weighted by Crippen LogP contribution is -2.28. The Kier molecular flexibility index (Phi) is 5.04. The Morgan fingerprint density at radius 2 is 1.75 bits per heavy atom. The van der Waals surface area contributed by atoms with Crippen LogP contribution in [0.15, 0.2) is 60.7 Å². The highest BCUT2D eigenvalue weighted by Gasteiger charge is 2.21. The molecule has 160 valence electrons. The first-order valence-corrected chi connectivity index (χ1v) is 10.8. The maximum atomic E-state index is 11.9. The van der Waals surface area contributed by atoms with Crippen LogP contribution >= 0.6 is 0 Å². The fraction of sp³-hybridized carbons (Fsp3) is 0.231. The molecular formula is C26H23N3O3. The van der Waals surface area contributed by atoms with E-state index in [0.717, 1.165) is 53.5 Å². The maximum absolute atomic E-state index is 11.9. The number of aromatic nitrogens is 1. The van der Waals surface area contributed by atoms with Crippen LogP contribution in [-0.4, -0.2) is 32.9 Å². The van der Waals surface area contributed by atoms with Crippen LogP contribution in [0.4, 0.5) is 5.69 Å². The van der Waals surface area contributed by atoms with Gasteiger partial charge >= 0.3 is 5.97 Å². The van der Waals surface area contributed by atoms with Crippen molar-refractivity contribution in [2.24, 2.45) is 0 Å². The van der Waals surface area contributed by atoms with E-state index < -0.39 is 5.97 Å². The number of aliphatic hydroxyl groups excluding tert-OH is 1. The smallest absolute Gasteiger partial charge is 0.336 e. The predicted molar refractivity (Wildman–Crippen MR) is 124 cm³/mol. The van der Waals surface area contributed by atoms with Crippen LogP contribution in [0, 0.1) is 11.3 Å². The number of carbonyl (C=O) groups is 1. The number of fused-ring (bicyclic) bond motifs is 3. The van der Waals surface area contributed by atoms with Gasteiger partial charge in [-0.1, -0.05) is 24.3 Å². The van der Waals surface area contributed by atoms with E-state index >= 15 is 0 Å². The Labute approximate surface area is 185 Å². The topological polar surface area (TPSA) is 98.3 Å². The van der Waals surface area contributed by atoms with Crippen LogP contribution in [0.5, 0.6) is 0 Å². The normalized spacial score (nSPS) is 18.5. The molecule has 0 amide bonds. The van der Waals surface area contributed by atoms with Gasteiger partial charge in [-0.3, -0.25) is 0 Å². The molecule has 0 aliphatic heterocycles. The molecular weight excluding hydrogens is 402 g/mol. The molecule has 1 aliphatic carbocycles. The fourth-order valence-electron chi connectivity index (χ4n) is 4.80. The van der Waals surface area contributed by atoms with Crippen LogP contribution in [-0.2, 0) is 0 Å². The highest BCUT2D eigenvalue weighted by atomic mass is 16.4. The van der Waals surface area contributed by atoms with Gasteiger partial charge in [0.05, 0.1) is 34.0 Å². The molecule has 0 unspecified atom stereocenters. The number of para-hydroxylation sites is 1. The molecule has 32 heavy (non-hydrogen) atoms. The fourth-order valence-corrected chi connectivity index (χ4v) is 4.80. The number of aliphatic hydroxyl groups is 1. The molecule has 4 aromatic rings. The van der Waals surface area contributed by atoms with E-state index in [9.17, 15) is 20.3 Å². The summed E-state index contributed by atoms with van der Waals surface area (Å²) in [4.78, 5) is 11.9. The van der Waals surface area contributed by atoms with Crippen LogP contribution < -0.4 is 5.32 Å². The summed E-state index contributed by atoms with van der Waals surface area (Å²) in [5.74, 6) is -0.958. The molecule has 0 atom stereocenters. The van der Waals surface area contributed by atoms with Gasteiger partial charge in [-0.15, -0.1) is 0 Å². The summed E-state index contributed by atoms with van der Waals surface area (Å²) in [7, 11) is 0. The number of nitriles is 1. The van der Waals surface area contributed by atoms with Crippen molar-refractivity contribution in [1.82, 2.24) is 4.57 Å². The van der Waals surface area contributed by atoms with Gasteiger partial charge in [-0.25, -0.2) is 4.79 Å². The van der Waals surface area contributed by atoms with Gasteiger partial charge in [0, 0.05) is 22.5 Å². The minimum absolute atomic E-state index is 0.206. The third-order valence-corrected chi connectivity index (χ3v) is 6.37. The monoisotopic (exact) mass is 425 g/mol. The Morgan fingerprint density at radius 1 is 1.00 bits per heavy atom. The van der Waals surface area contributed by atoms with Crippen molar-refractivity contribution in [3.63, 3.8) is 0 Å². The van der Waals surface area contributed by atoms with Crippen molar-refractivity contribution >= 4 is 33.5 Å². The van der Waals surface area contributed by atoms with E-state index in [4.69, 9.17) is 0 Å². The van der Waals surface area contributed by atoms with E-state index in [0.29, 0.717) is 10.9 Å². The Balaban J connectivity index is 1.68. The summed E-state index contributed by atoms with van der Waals surface area (Å²) in [6.07, 6.45) is 2.98. The van der Waals surface area contributed by atoms with Gasteiger partial charge < -0.3 is 20.1 Å². The molecule has 0 spiro atoms. The molecule has 5 rings (SSSR count). The van der Waals surface area contributed by atoms with E-state index in [1.165, 1.54) is 0 Å². The summed E-state index contributed by atoms with van der Waals surface area (Å²) in [6, 6.07) is 21.2. The molecule has 0 radical (unpaired) electrons. The number of rotatable bonds is 4. The summed E-state index contributed by atoms with van der Waals surface area (Å²) in [6.45, 7) is 0. The van der Waals surface area contributed by atoms with Gasteiger partial charge in [-0.05, 0) is 62.1 Å². The summed E-state index contributed by atoms with van der Waals surface area (Å²) < 4.78 is 2.05. The number of benzene rings is 3. The highest BCUT2D eigenvalue weighted by molar-refractivity contribution is 6.17. The molecule has 0 saturated heterocycles. The lowest BCUT2D eigenvalue weighted by atomic mass is 9.93. The Bertz CT molecular complexity index is 1370. The molecule has 1 saturated carbocycles. The molecule has 1 aromatic heterocycles. The second-order valence-electron chi connectivity index (χ2n) is 8.35. The van der Waals surface area contributed by atoms with Crippen LogP contribution in [0.25, 0.3) is 27.5 Å². The zero-order chi connectivity index (χ0) is 22.2. The molecule has 0 bridgehead atoms. The zero-order valence-electron chi connectivity index (χ0n) is 17.5. The number of anilines is 1. The van der Waals surface area contributed by atoms with Crippen molar-refractivity contribution in [3.8, 4) is 11.8 Å². The first kappa shape index (κ1) is 20.1. The number of aromatic carboxylic acids is 1. The number of carboxylic acid groups (broad SMARTS) is 1. The third kappa shape index (κ3) is 3.37. The van der Waals surface area contributed by atoms with Gasteiger partial charge in [0.2, 0.25) is 0 Å². The molecule has 1 heterocycles. The van der Waals surface area contributed by atoms with Crippen molar-refractivity contribution in [2.75, 3.05) is 5.32 Å². The third-order valence-electron chi connectivity index (χ3n) is 6.37. The second kappa shape index (κ2) is 8.03. The van der Waals surface area contributed by atoms with Crippen molar-refractivity contribution in [2.45, 2.75) is 37.8 Å². The van der Waals surface area contributed by atoms with Gasteiger partial charge in [0.15, 0.2) is 0 Å². The van der Waals surface area contributed by atoms with Crippen LogP contribution in [0.1, 0.15) is 41.6 Å². The van der Waals surface area contributed by atoms with Crippen LogP contribution in [0.3, 0.4) is 0 Å². The largest absolute Gasteiger partial charge is 0.478 e. The molecule has 6 heteroatoms. The second-order valence-corrected chi connectivity index (χ2v) is 8.35. The summed E-state index contributed by atoms with van der Waals surface area (Å²) in [5, 5.41) is 34.3. The number of nitrogens with zero attached hydrogens (tertiary/aromatic N) is 2. The Morgan fingerprint density at radius 3 is 2.50 bits per heavy atom. The lowest BCUT2D eigenvalue weighted by Gasteiger charge is -2.27. The molecule has 1 aliphatic rings. The zero-order valence-corrected chi connectivity index (χ0v) is 17.5. The van der Waals surface area contributed by atoms with Crippen molar-refractivity contribution in [1.29, 1.82) is 5.26 Å². The summed E-state index contributed by atoms with van der Waals surface area (Å²) >= 11 is 0.